The highest BCUT2D eigenvalue weighted by atomic mass is 32.1. The van der Waals surface area contributed by atoms with E-state index in [0.29, 0.717) is 31.7 Å². The minimum Gasteiger partial charge on any atom is -0.355 e. The smallest absolute Gasteiger partial charge is 0.355 e. The van der Waals surface area contributed by atoms with Crippen molar-refractivity contribution in [2.24, 2.45) is 5.92 Å². The van der Waals surface area contributed by atoms with Crippen LogP contribution in [0.4, 0.5) is 19.0 Å². The summed E-state index contributed by atoms with van der Waals surface area (Å²) in [6.45, 7) is 5.25. The molecule has 2 saturated heterocycles. The fraction of sp³-hybridized carbons (Fsp3) is 0.524. The van der Waals surface area contributed by atoms with Gasteiger partial charge in [-0.15, -0.1) is 15.3 Å². The van der Waals surface area contributed by atoms with Crippen LogP contribution in [0, 0.1) is 5.92 Å². The number of alkyl halides is 3. The van der Waals surface area contributed by atoms with E-state index in [9.17, 15) is 18.0 Å². The molecule has 0 atom stereocenters. The van der Waals surface area contributed by atoms with Gasteiger partial charge in [0.2, 0.25) is 5.91 Å². The standard InChI is InChI=1S/C21H24F3N7OS/c22-21(23,24)20-26-25-17-1-2-18(27-31(17)20)29-6-3-16(4-7-29)19(32)30-10-8-28(9-11-30)13-15-5-12-33-14-15/h1-2,5,12,14,16H,3-4,6-11,13H2. The topological polar surface area (TPSA) is 69.9 Å². The van der Waals surface area contributed by atoms with Crippen molar-refractivity contribution in [3.8, 4) is 0 Å². The molecule has 0 radical (unpaired) electrons. The minimum atomic E-state index is -4.63. The predicted molar refractivity (Wildman–Crippen MR) is 117 cm³/mol. The number of nitrogens with zero attached hydrogens (tertiary/aromatic N) is 7. The van der Waals surface area contributed by atoms with Gasteiger partial charge in [-0.2, -0.15) is 29.0 Å². The first-order valence-corrected chi connectivity index (χ1v) is 11.9. The number of aromatic nitrogens is 4. The Labute approximate surface area is 192 Å². The van der Waals surface area contributed by atoms with Crippen molar-refractivity contribution >= 4 is 28.7 Å². The first kappa shape index (κ1) is 22.1. The largest absolute Gasteiger partial charge is 0.453 e. The van der Waals surface area contributed by atoms with Crippen LogP contribution in [0.1, 0.15) is 24.2 Å². The van der Waals surface area contributed by atoms with Gasteiger partial charge in [0, 0.05) is 51.7 Å². The Balaban J connectivity index is 1.16. The molecule has 0 N–H and O–H groups in total. The summed E-state index contributed by atoms with van der Waals surface area (Å²) >= 11 is 1.70. The van der Waals surface area contributed by atoms with Crippen LogP contribution in [0.3, 0.4) is 0 Å². The number of anilines is 1. The van der Waals surface area contributed by atoms with Crippen molar-refractivity contribution in [3.63, 3.8) is 0 Å². The van der Waals surface area contributed by atoms with E-state index in [1.807, 2.05) is 9.80 Å². The van der Waals surface area contributed by atoms with Gasteiger partial charge in [0.25, 0.3) is 5.82 Å². The Morgan fingerprint density at radius 2 is 1.79 bits per heavy atom. The molecule has 176 valence electrons. The van der Waals surface area contributed by atoms with Gasteiger partial charge in [0.1, 0.15) is 5.82 Å². The number of halogens is 3. The molecule has 0 bridgehead atoms. The quantitative estimate of drug-likeness (QED) is 0.573. The molecular formula is C21H24F3N7OS. The molecule has 0 spiro atoms. The lowest BCUT2D eigenvalue weighted by atomic mass is 9.95. The van der Waals surface area contributed by atoms with Crippen molar-refractivity contribution in [1.29, 1.82) is 0 Å². The summed E-state index contributed by atoms with van der Waals surface area (Å²) in [7, 11) is 0. The van der Waals surface area contributed by atoms with Crippen LogP contribution < -0.4 is 4.90 Å². The molecule has 0 saturated carbocycles. The number of hydrogen-bond acceptors (Lipinski definition) is 7. The maximum absolute atomic E-state index is 13.1. The number of piperazine rings is 1. The van der Waals surface area contributed by atoms with Gasteiger partial charge in [0.05, 0.1) is 0 Å². The first-order chi connectivity index (χ1) is 15.9. The molecule has 0 aliphatic carbocycles. The Morgan fingerprint density at radius 3 is 2.45 bits per heavy atom. The molecule has 2 fully saturated rings. The van der Waals surface area contributed by atoms with Gasteiger partial charge in [-0.1, -0.05) is 0 Å². The third-order valence-corrected chi connectivity index (χ3v) is 7.07. The van der Waals surface area contributed by atoms with E-state index in [4.69, 9.17) is 0 Å². The second-order valence-electron chi connectivity index (χ2n) is 8.48. The lowest BCUT2D eigenvalue weighted by Crippen LogP contribution is -2.51. The third kappa shape index (κ3) is 4.67. The van der Waals surface area contributed by atoms with Crippen LogP contribution in [-0.4, -0.2) is 74.8 Å². The highest BCUT2D eigenvalue weighted by Gasteiger charge is 2.38. The number of piperidine rings is 1. The zero-order valence-electron chi connectivity index (χ0n) is 17.9. The van der Waals surface area contributed by atoms with Crippen molar-refractivity contribution in [3.05, 3.63) is 40.3 Å². The zero-order valence-corrected chi connectivity index (χ0v) is 18.7. The van der Waals surface area contributed by atoms with Crippen molar-refractivity contribution in [2.45, 2.75) is 25.6 Å². The molecule has 5 heterocycles. The summed E-state index contributed by atoms with van der Waals surface area (Å²) in [6.07, 6.45) is -3.32. The Morgan fingerprint density at radius 1 is 1.03 bits per heavy atom. The van der Waals surface area contributed by atoms with E-state index in [-0.39, 0.29) is 17.5 Å². The van der Waals surface area contributed by atoms with Gasteiger partial charge in [-0.25, -0.2) is 0 Å². The first-order valence-electron chi connectivity index (χ1n) is 11.0. The molecule has 0 aromatic carbocycles. The number of rotatable bonds is 4. The average molecular weight is 480 g/mol. The Bertz CT molecular complexity index is 1100. The maximum atomic E-state index is 13.1. The van der Waals surface area contributed by atoms with Crippen LogP contribution in [0.5, 0.6) is 0 Å². The molecule has 33 heavy (non-hydrogen) atoms. The van der Waals surface area contributed by atoms with Gasteiger partial charge in [-0.3, -0.25) is 9.69 Å². The van der Waals surface area contributed by atoms with Gasteiger partial charge >= 0.3 is 6.18 Å². The predicted octanol–water partition coefficient (Wildman–Crippen LogP) is 2.77. The van der Waals surface area contributed by atoms with Crippen LogP contribution in [0.2, 0.25) is 0 Å². The molecule has 8 nitrogen and oxygen atoms in total. The number of hydrogen-bond donors (Lipinski definition) is 0. The van der Waals surface area contributed by atoms with Gasteiger partial charge in [-0.05, 0) is 47.4 Å². The van der Waals surface area contributed by atoms with E-state index >= 15 is 0 Å². The number of thiophene rings is 1. The zero-order chi connectivity index (χ0) is 23.0. The normalized spacial score (nSPS) is 18.9. The second-order valence-corrected chi connectivity index (χ2v) is 9.26. The van der Waals surface area contributed by atoms with E-state index in [0.717, 1.165) is 37.2 Å². The monoisotopic (exact) mass is 479 g/mol. The molecule has 5 rings (SSSR count). The van der Waals surface area contributed by atoms with Crippen LogP contribution >= 0.6 is 11.3 Å². The summed E-state index contributed by atoms with van der Waals surface area (Å²) < 4.78 is 40.2. The van der Waals surface area contributed by atoms with E-state index in [2.05, 4.69) is 37.0 Å². The molecular weight excluding hydrogens is 455 g/mol. The van der Waals surface area contributed by atoms with Crippen LogP contribution in [-0.2, 0) is 17.5 Å². The SMILES string of the molecule is O=C(C1CCN(c2ccc3nnc(C(F)(F)F)n3n2)CC1)N1CCN(Cc2ccsc2)CC1. The number of fused-ring (bicyclic) bond motifs is 1. The Hall–Kier alpha value is -2.73. The molecule has 12 heteroatoms. The Kier molecular flexibility index (Phi) is 5.95. The average Bonchev–Trinajstić information content (AvgIpc) is 3.48. The molecule has 1 amide bonds. The molecule has 0 unspecified atom stereocenters. The van der Waals surface area contributed by atoms with Crippen LogP contribution in [0.25, 0.3) is 5.65 Å². The highest BCUT2D eigenvalue weighted by Crippen LogP contribution is 2.29. The summed E-state index contributed by atoms with van der Waals surface area (Å²) in [6, 6.07) is 5.27. The van der Waals surface area contributed by atoms with Crippen molar-refractivity contribution in [1.82, 2.24) is 29.6 Å². The molecule has 3 aromatic heterocycles. The summed E-state index contributed by atoms with van der Waals surface area (Å²) in [5, 5.41) is 15.1. The third-order valence-electron chi connectivity index (χ3n) is 6.34. The number of amides is 1. The molecule has 2 aliphatic heterocycles. The van der Waals surface area contributed by atoms with E-state index < -0.39 is 12.0 Å². The molecule has 3 aromatic rings. The summed E-state index contributed by atoms with van der Waals surface area (Å²) in [4.78, 5) is 19.3. The highest BCUT2D eigenvalue weighted by molar-refractivity contribution is 7.07. The van der Waals surface area contributed by atoms with E-state index in [1.165, 1.54) is 11.6 Å². The number of carbonyl (C=O) groups excluding carboxylic acids is 1. The van der Waals surface area contributed by atoms with Crippen LogP contribution in [0.15, 0.2) is 29.0 Å². The lowest BCUT2D eigenvalue weighted by Gasteiger charge is -2.38. The van der Waals surface area contributed by atoms with E-state index in [1.54, 1.807) is 17.4 Å². The van der Waals surface area contributed by atoms with Crippen molar-refractivity contribution < 1.29 is 18.0 Å². The van der Waals surface area contributed by atoms with Gasteiger partial charge in [0.15, 0.2) is 5.65 Å². The van der Waals surface area contributed by atoms with Crippen molar-refractivity contribution in [2.75, 3.05) is 44.2 Å². The van der Waals surface area contributed by atoms with Gasteiger partial charge < -0.3 is 9.80 Å². The lowest BCUT2D eigenvalue weighted by molar-refractivity contribution is -0.146. The minimum absolute atomic E-state index is 0.0503. The maximum Gasteiger partial charge on any atom is 0.453 e. The fourth-order valence-corrected chi connectivity index (χ4v) is 5.17. The molecule has 2 aliphatic rings. The summed E-state index contributed by atoms with van der Waals surface area (Å²) in [5.74, 6) is -0.580. The second kappa shape index (κ2) is 8.90. The summed E-state index contributed by atoms with van der Waals surface area (Å²) in [5.41, 5.74) is 1.36. The number of carbonyl (C=O) groups is 1. The fourth-order valence-electron chi connectivity index (χ4n) is 4.51.